The molecule has 92 valence electrons. The molecule has 1 aliphatic heterocycles. The van der Waals surface area contributed by atoms with E-state index in [1.807, 2.05) is 0 Å². The van der Waals surface area contributed by atoms with Crippen LogP contribution in [0.4, 0.5) is 0 Å². The Kier molecular flexibility index (Phi) is 3.82. The summed E-state index contributed by atoms with van der Waals surface area (Å²) in [6.07, 6.45) is -0.632. The minimum Gasteiger partial charge on any atom is -0.469 e. The lowest BCUT2D eigenvalue weighted by molar-refractivity contribution is -0.488. The van der Waals surface area contributed by atoms with E-state index in [1.165, 1.54) is 7.11 Å². The molecule has 0 aromatic rings. The molecule has 7 heteroatoms. The summed E-state index contributed by atoms with van der Waals surface area (Å²) in [5, 5.41) is 10.4. The summed E-state index contributed by atoms with van der Waals surface area (Å²) < 4.78 is 15.2. The van der Waals surface area contributed by atoms with Crippen LogP contribution >= 0.6 is 0 Å². The second-order valence-electron chi connectivity index (χ2n) is 4.01. The van der Waals surface area contributed by atoms with Crippen molar-refractivity contribution in [3.8, 4) is 0 Å². The fraction of sp³-hybridized carbons (Fsp3) is 0.889. The molecule has 7 nitrogen and oxygen atoms in total. The first-order valence-corrected chi connectivity index (χ1v) is 4.87. The predicted molar refractivity (Wildman–Crippen MR) is 52.3 cm³/mol. The number of hydrogen-bond donors (Lipinski definition) is 0. The molecule has 0 amide bonds. The average molecular weight is 233 g/mol. The van der Waals surface area contributed by atoms with E-state index >= 15 is 0 Å². The molecule has 1 heterocycles. The lowest BCUT2D eigenvalue weighted by Gasteiger charge is -2.20. The van der Waals surface area contributed by atoms with Gasteiger partial charge in [-0.15, -0.1) is 0 Å². The van der Waals surface area contributed by atoms with E-state index in [0.717, 1.165) is 0 Å². The lowest BCUT2D eigenvalue weighted by Crippen LogP contribution is -2.37. The third-order valence-electron chi connectivity index (χ3n) is 2.33. The largest absolute Gasteiger partial charge is 0.469 e. The van der Waals surface area contributed by atoms with Crippen LogP contribution in [0.25, 0.3) is 0 Å². The molecular formula is C9H15NO6. The Hall–Kier alpha value is -1.21. The standard InChI is InChI=1S/C9H15NO6/c1-9(2)15-5-7(16-9)6(4-10(12)13)8(11)14-3/h6-7H,4-5H2,1-3H3/t6-,7+/m0/s1. The number of hydrogen-bond acceptors (Lipinski definition) is 6. The maximum Gasteiger partial charge on any atom is 0.318 e. The Morgan fingerprint density at radius 1 is 1.69 bits per heavy atom. The van der Waals surface area contributed by atoms with Crippen LogP contribution < -0.4 is 0 Å². The number of rotatable bonds is 4. The van der Waals surface area contributed by atoms with Crippen molar-refractivity contribution < 1.29 is 23.9 Å². The van der Waals surface area contributed by atoms with Crippen molar-refractivity contribution in [2.24, 2.45) is 5.92 Å². The normalized spacial score (nSPS) is 25.1. The SMILES string of the molecule is COC(=O)[C@@H](C[N+](=O)[O-])[C@H]1COC(C)(C)O1. The molecule has 16 heavy (non-hydrogen) atoms. The number of carbonyl (C=O) groups excluding carboxylic acids is 1. The molecule has 0 aliphatic carbocycles. The van der Waals surface area contributed by atoms with E-state index < -0.39 is 35.2 Å². The summed E-state index contributed by atoms with van der Waals surface area (Å²) in [6, 6.07) is 0. The molecule has 1 aliphatic rings. The number of carbonyl (C=O) groups is 1. The summed E-state index contributed by atoms with van der Waals surface area (Å²) in [6.45, 7) is 3.01. The van der Waals surface area contributed by atoms with Gasteiger partial charge in [-0.1, -0.05) is 0 Å². The van der Waals surface area contributed by atoms with Gasteiger partial charge in [-0.3, -0.25) is 14.9 Å². The first kappa shape index (κ1) is 12.9. The van der Waals surface area contributed by atoms with Crippen LogP contribution in [-0.2, 0) is 19.0 Å². The summed E-state index contributed by atoms with van der Waals surface area (Å²) in [4.78, 5) is 21.3. The Balaban J connectivity index is 2.70. The number of methoxy groups -OCH3 is 1. The van der Waals surface area contributed by atoms with Gasteiger partial charge >= 0.3 is 5.97 Å². The van der Waals surface area contributed by atoms with E-state index in [9.17, 15) is 14.9 Å². The van der Waals surface area contributed by atoms with Gasteiger partial charge in [0.05, 0.1) is 13.7 Å². The van der Waals surface area contributed by atoms with Gasteiger partial charge in [-0.2, -0.15) is 0 Å². The maximum absolute atomic E-state index is 11.4. The van der Waals surface area contributed by atoms with Crippen LogP contribution in [0, 0.1) is 16.0 Å². The van der Waals surface area contributed by atoms with E-state index in [1.54, 1.807) is 13.8 Å². The molecule has 1 saturated heterocycles. The fourth-order valence-electron chi connectivity index (χ4n) is 1.57. The smallest absolute Gasteiger partial charge is 0.318 e. The molecule has 1 rings (SSSR count). The first-order chi connectivity index (χ1) is 7.35. The second kappa shape index (κ2) is 4.75. The van der Waals surface area contributed by atoms with Gasteiger partial charge in [0.2, 0.25) is 6.54 Å². The van der Waals surface area contributed by atoms with E-state index in [4.69, 9.17) is 9.47 Å². The van der Waals surface area contributed by atoms with Crippen LogP contribution in [0.1, 0.15) is 13.8 Å². The zero-order valence-corrected chi connectivity index (χ0v) is 9.47. The highest BCUT2D eigenvalue weighted by atomic mass is 16.7. The average Bonchev–Trinajstić information content (AvgIpc) is 2.53. The van der Waals surface area contributed by atoms with E-state index in [0.29, 0.717) is 0 Å². The quantitative estimate of drug-likeness (QED) is 0.391. The molecule has 0 bridgehead atoms. The summed E-state index contributed by atoms with van der Waals surface area (Å²) in [7, 11) is 1.19. The molecule has 0 unspecified atom stereocenters. The van der Waals surface area contributed by atoms with E-state index in [2.05, 4.69) is 4.74 Å². The monoisotopic (exact) mass is 233 g/mol. The number of nitrogens with zero attached hydrogens (tertiary/aromatic N) is 1. The third-order valence-corrected chi connectivity index (χ3v) is 2.33. The topological polar surface area (TPSA) is 87.9 Å². The van der Waals surface area contributed by atoms with Crippen LogP contribution in [0.3, 0.4) is 0 Å². The highest BCUT2D eigenvalue weighted by Crippen LogP contribution is 2.27. The number of ether oxygens (including phenoxy) is 3. The summed E-state index contributed by atoms with van der Waals surface area (Å²) in [5.74, 6) is -2.39. The molecule has 0 spiro atoms. The highest BCUT2D eigenvalue weighted by molar-refractivity contribution is 5.73. The van der Waals surface area contributed by atoms with Crippen LogP contribution in [-0.4, -0.2) is 43.0 Å². The minimum absolute atomic E-state index is 0.153. The zero-order chi connectivity index (χ0) is 12.3. The van der Waals surface area contributed by atoms with Crippen LogP contribution in [0.5, 0.6) is 0 Å². The van der Waals surface area contributed by atoms with Gasteiger partial charge < -0.3 is 14.2 Å². The van der Waals surface area contributed by atoms with Crippen molar-refractivity contribution in [3.05, 3.63) is 10.1 Å². The van der Waals surface area contributed by atoms with Gasteiger partial charge in [0.15, 0.2) is 5.79 Å². The Morgan fingerprint density at radius 2 is 2.31 bits per heavy atom. The molecule has 1 fully saturated rings. The second-order valence-corrected chi connectivity index (χ2v) is 4.01. The van der Waals surface area contributed by atoms with Gasteiger partial charge in [-0.25, -0.2) is 0 Å². The highest BCUT2D eigenvalue weighted by Gasteiger charge is 2.43. The molecule has 2 atom stereocenters. The third kappa shape index (κ3) is 3.14. The van der Waals surface area contributed by atoms with Crippen LogP contribution in [0.2, 0.25) is 0 Å². The van der Waals surface area contributed by atoms with Crippen molar-refractivity contribution >= 4 is 5.97 Å². The zero-order valence-electron chi connectivity index (χ0n) is 9.47. The molecular weight excluding hydrogens is 218 g/mol. The van der Waals surface area contributed by atoms with Crippen molar-refractivity contribution in [3.63, 3.8) is 0 Å². The Morgan fingerprint density at radius 3 is 2.69 bits per heavy atom. The molecule has 0 saturated carbocycles. The predicted octanol–water partition coefficient (Wildman–Crippen LogP) is 0.204. The van der Waals surface area contributed by atoms with Crippen molar-refractivity contribution in [1.82, 2.24) is 0 Å². The van der Waals surface area contributed by atoms with Gasteiger partial charge in [0.25, 0.3) is 0 Å². The molecule has 0 N–H and O–H groups in total. The Bertz CT molecular complexity index is 290. The van der Waals surface area contributed by atoms with Crippen molar-refractivity contribution in [1.29, 1.82) is 0 Å². The van der Waals surface area contributed by atoms with E-state index in [-0.39, 0.29) is 6.61 Å². The molecule has 0 aromatic heterocycles. The maximum atomic E-state index is 11.4. The number of nitro groups is 1. The van der Waals surface area contributed by atoms with Crippen molar-refractivity contribution in [2.45, 2.75) is 25.7 Å². The number of esters is 1. The fourth-order valence-corrected chi connectivity index (χ4v) is 1.57. The lowest BCUT2D eigenvalue weighted by atomic mass is 10.0. The van der Waals surface area contributed by atoms with Crippen molar-refractivity contribution in [2.75, 3.05) is 20.3 Å². The molecule has 0 radical (unpaired) electrons. The van der Waals surface area contributed by atoms with Gasteiger partial charge in [0.1, 0.15) is 12.0 Å². The summed E-state index contributed by atoms with van der Waals surface area (Å²) in [5.41, 5.74) is 0. The van der Waals surface area contributed by atoms with Gasteiger partial charge in [-0.05, 0) is 13.8 Å². The summed E-state index contributed by atoms with van der Waals surface area (Å²) >= 11 is 0. The van der Waals surface area contributed by atoms with Gasteiger partial charge in [0, 0.05) is 4.92 Å². The van der Waals surface area contributed by atoms with Crippen LogP contribution in [0.15, 0.2) is 0 Å². The molecule has 0 aromatic carbocycles. The first-order valence-electron chi connectivity index (χ1n) is 4.87. The Labute approximate surface area is 92.8 Å². The minimum atomic E-state index is -0.929.